The van der Waals surface area contributed by atoms with Gasteiger partial charge in [0.2, 0.25) is 0 Å². The van der Waals surface area contributed by atoms with Crippen molar-refractivity contribution in [3.8, 4) is 17.2 Å². The molecule has 0 saturated carbocycles. The second kappa shape index (κ2) is 12.7. The molecular formula is C33H35FN2O3S. The molecule has 40 heavy (non-hydrogen) atoms. The number of nitrogens with one attached hydrogen (secondary N) is 1. The predicted octanol–water partition coefficient (Wildman–Crippen LogP) is 8.24. The van der Waals surface area contributed by atoms with Gasteiger partial charge < -0.3 is 23.8 Å². The third-order valence-corrected chi connectivity index (χ3v) is 7.37. The van der Waals surface area contributed by atoms with Crippen molar-refractivity contribution in [3.63, 3.8) is 0 Å². The van der Waals surface area contributed by atoms with E-state index in [-0.39, 0.29) is 11.2 Å². The molecule has 0 amide bonds. The van der Waals surface area contributed by atoms with Crippen LogP contribution in [0.5, 0.6) is 17.2 Å². The number of ether oxygens (including phenoxy) is 3. The molecule has 1 saturated heterocycles. The number of halogens is 1. The lowest BCUT2D eigenvalue weighted by Crippen LogP contribution is -2.44. The van der Waals surface area contributed by atoms with E-state index in [1.54, 1.807) is 24.1 Å². The summed E-state index contributed by atoms with van der Waals surface area (Å²) in [5, 5.41) is 0. The summed E-state index contributed by atoms with van der Waals surface area (Å²) < 4.78 is 34.8. The van der Waals surface area contributed by atoms with Crippen LogP contribution < -0.4 is 19.1 Å². The van der Waals surface area contributed by atoms with Crippen molar-refractivity contribution < 1.29 is 18.6 Å². The maximum Gasteiger partial charge on any atom is 0.131 e. The molecule has 4 aromatic rings. The zero-order chi connectivity index (χ0) is 28.0. The Kier molecular flexibility index (Phi) is 8.82. The molecule has 0 spiro atoms. The average Bonchev–Trinajstić information content (AvgIpc) is 2.93. The van der Waals surface area contributed by atoms with Crippen LogP contribution in [0.4, 0.5) is 15.8 Å². The van der Waals surface area contributed by atoms with E-state index < -0.39 is 0 Å². The quantitative estimate of drug-likeness (QED) is 0.177. The molecule has 0 aliphatic carbocycles. The highest BCUT2D eigenvalue weighted by molar-refractivity contribution is 7.99. The summed E-state index contributed by atoms with van der Waals surface area (Å²) in [6.07, 6.45) is 2.01. The van der Waals surface area contributed by atoms with E-state index in [1.807, 2.05) is 48.7 Å². The highest BCUT2D eigenvalue weighted by atomic mass is 32.2. The van der Waals surface area contributed by atoms with E-state index in [0.29, 0.717) is 19.7 Å². The van der Waals surface area contributed by atoms with Gasteiger partial charge in [0.15, 0.2) is 0 Å². The van der Waals surface area contributed by atoms with Crippen LogP contribution in [0.1, 0.15) is 23.6 Å². The third kappa shape index (κ3) is 7.09. The molecule has 1 N–H and O–H groups in total. The Morgan fingerprint density at radius 1 is 0.875 bits per heavy atom. The molecule has 5 rings (SSSR count). The van der Waals surface area contributed by atoms with Gasteiger partial charge in [-0.2, -0.15) is 0 Å². The standard InChI is InChI=1S/C33H35FN2O3S/c1-24-31(35-40-3)11-6-12-32(24)36(20-26-7-4-8-27(34)17-26)19-25-13-15-28(16-14-25)39-30-10-5-9-29(18-30)38-23-33(2)21-37-22-33/h4-18,35H,19-23H2,1-3H3. The number of hydrogen-bond acceptors (Lipinski definition) is 6. The molecule has 1 aliphatic rings. The van der Waals surface area contributed by atoms with Crippen LogP contribution in [-0.2, 0) is 17.8 Å². The van der Waals surface area contributed by atoms with Crippen LogP contribution in [0.25, 0.3) is 0 Å². The van der Waals surface area contributed by atoms with Gasteiger partial charge in [-0.1, -0.05) is 55.3 Å². The highest BCUT2D eigenvalue weighted by Gasteiger charge is 2.34. The van der Waals surface area contributed by atoms with Crippen molar-refractivity contribution in [2.75, 3.05) is 35.7 Å². The Morgan fingerprint density at radius 3 is 2.33 bits per heavy atom. The first kappa shape index (κ1) is 27.9. The lowest BCUT2D eigenvalue weighted by molar-refractivity contribution is -0.120. The van der Waals surface area contributed by atoms with Crippen LogP contribution in [0.15, 0.2) is 91.0 Å². The number of benzene rings is 4. The minimum absolute atomic E-state index is 0.0839. The van der Waals surface area contributed by atoms with Crippen molar-refractivity contribution >= 4 is 23.3 Å². The molecule has 0 radical (unpaired) electrons. The minimum Gasteiger partial charge on any atom is -0.493 e. The number of hydrogen-bond donors (Lipinski definition) is 1. The summed E-state index contributed by atoms with van der Waals surface area (Å²) in [5.74, 6) is 2.03. The van der Waals surface area contributed by atoms with Gasteiger partial charge in [-0.15, -0.1) is 0 Å². The molecule has 208 valence electrons. The van der Waals surface area contributed by atoms with Gasteiger partial charge in [-0.05, 0) is 72.1 Å². The molecule has 0 unspecified atom stereocenters. The Labute approximate surface area is 240 Å². The second-order valence-electron chi connectivity index (χ2n) is 10.6. The zero-order valence-electron chi connectivity index (χ0n) is 23.2. The average molecular weight is 559 g/mol. The normalized spacial score (nSPS) is 13.8. The predicted molar refractivity (Wildman–Crippen MR) is 162 cm³/mol. The molecule has 4 aromatic carbocycles. The van der Waals surface area contributed by atoms with Crippen LogP contribution >= 0.6 is 11.9 Å². The van der Waals surface area contributed by atoms with Gasteiger partial charge in [0.1, 0.15) is 23.1 Å². The number of nitrogens with zero attached hydrogens (tertiary/aromatic N) is 1. The number of rotatable bonds is 12. The van der Waals surface area contributed by atoms with Crippen LogP contribution in [0, 0.1) is 18.2 Å². The van der Waals surface area contributed by atoms with Crippen LogP contribution in [0.2, 0.25) is 0 Å². The summed E-state index contributed by atoms with van der Waals surface area (Å²) in [5.41, 5.74) is 5.44. The second-order valence-corrected chi connectivity index (χ2v) is 11.2. The van der Waals surface area contributed by atoms with Gasteiger partial charge >= 0.3 is 0 Å². The molecule has 1 heterocycles. The van der Waals surface area contributed by atoms with Crippen molar-refractivity contribution in [1.82, 2.24) is 0 Å². The topological polar surface area (TPSA) is 43.0 Å². The summed E-state index contributed by atoms with van der Waals surface area (Å²) in [7, 11) is 0. The molecule has 0 bridgehead atoms. The van der Waals surface area contributed by atoms with E-state index in [4.69, 9.17) is 14.2 Å². The van der Waals surface area contributed by atoms with E-state index in [0.717, 1.165) is 58.5 Å². The van der Waals surface area contributed by atoms with Crippen molar-refractivity contribution in [2.24, 2.45) is 5.41 Å². The monoisotopic (exact) mass is 558 g/mol. The van der Waals surface area contributed by atoms with Crippen LogP contribution in [0.3, 0.4) is 0 Å². The molecule has 1 aliphatic heterocycles. The lowest BCUT2D eigenvalue weighted by atomic mass is 9.90. The van der Waals surface area contributed by atoms with Crippen molar-refractivity contribution in [2.45, 2.75) is 26.9 Å². The largest absolute Gasteiger partial charge is 0.493 e. The first-order chi connectivity index (χ1) is 19.4. The Morgan fingerprint density at radius 2 is 1.60 bits per heavy atom. The fraction of sp³-hybridized carbons (Fsp3) is 0.273. The fourth-order valence-corrected chi connectivity index (χ4v) is 5.15. The Hall–Kier alpha value is -3.68. The fourth-order valence-electron chi connectivity index (χ4n) is 4.71. The van der Waals surface area contributed by atoms with Gasteiger partial charge in [-0.25, -0.2) is 4.39 Å². The molecule has 0 atom stereocenters. The molecular weight excluding hydrogens is 523 g/mol. The van der Waals surface area contributed by atoms with E-state index in [9.17, 15) is 4.39 Å². The number of anilines is 2. The zero-order valence-corrected chi connectivity index (χ0v) is 24.0. The summed E-state index contributed by atoms with van der Waals surface area (Å²) >= 11 is 1.56. The van der Waals surface area contributed by atoms with Crippen molar-refractivity contribution in [1.29, 1.82) is 0 Å². The van der Waals surface area contributed by atoms with Gasteiger partial charge in [-0.3, -0.25) is 0 Å². The molecule has 5 nitrogen and oxygen atoms in total. The van der Waals surface area contributed by atoms with E-state index in [2.05, 4.69) is 53.8 Å². The SMILES string of the molecule is CSNc1cccc(N(Cc2ccc(Oc3cccc(OCC4(C)COC4)c3)cc2)Cc2cccc(F)c2)c1C. The van der Waals surface area contributed by atoms with E-state index in [1.165, 1.54) is 6.07 Å². The first-order valence-electron chi connectivity index (χ1n) is 13.4. The van der Waals surface area contributed by atoms with Gasteiger partial charge in [0.25, 0.3) is 0 Å². The van der Waals surface area contributed by atoms with Gasteiger partial charge in [0, 0.05) is 42.2 Å². The maximum atomic E-state index is 14.0. The smallest absolute Gasteiger partial charge is 0.131 e. The Balaban J connectivity index is 1.30. The molecule has 0 aromatic heterocycles. The van der Waals surface area contributed by atoms with Crippen molar-refractivity contribution in [3.05, 3.63) is 114 Å². The van der Waals surface area contributed by atoms with Crippen LogP contribution in [-0.4, -0.2) is 26.1 Å². The molecule has 7 heteroatoms. The first-order valence-corrected chi connectivity index (χ1v) is 14.6. The maximum absolute atomic E-state index is 14.0. The Bertz CT molecular complexity index is 1430. The van der Waals surface area contributed by atoms with Gasteiger partial charge in [0.05, 0.1) is 19.8 Å². The highest BCUT2D eigenvalue weighted by Crippen LogP contribution is 2.32. The van der Waals surface area contributed by atoms with E-state index >= 15 is 0 Å². The lowest BCUT2D eigenvalue weighted by Gasteiger charge is -2.37. The molecule has 1 fully saturated rings. The summed E-state index contributed by atoms with van der Waals surface area (Å²) in [4.78, 5) is 2.28. The summed E-state index contributed by atoms with van der Waals surface area (Å²) in [6.45, 7) is 7.60. The summed E-state index contributed by atoms with van der Waals surface area (Å²) in [6, 6.07) is 28.9. The minimum atomic E-state index is -0.228. The third-order valence-electron chi connectivity index (χ3n) is 6.95.